The zero-order chi connectivity index (χ0) is 38.2. The van der Waals surface area contributed by atoms with Gasteiger partial charge in [-0.2, -0.15) is 0 Å². The van der Waals surface area contributed by atoms with E-state index in [1.807, 2.05) is 54.6 Å². The highest BCUT2D eigenvalue weighted by molar-refractivity contribution is 6.19. The minimum absolute atomic E-state index is 0.614. The van der Waals surface area contributed by atoms with Gasteiger partial charge in [-0.3, -0.25) is 0 Å². The minimum Gasteiger partial charge on any atom is -0.456 e. The van der Waals surface area contributed by atoms with Crippen LogP contribution in [-0.4, -0.2) is 9.55 Å². The summed E-state index contributed by atoms with van der Waals surface area (Å²) in [6, 6.07) is 70.4. The molecule has 0 fully saturated rings. The lowest BCUT2D eigenvalue weighted by molar-refractivity contribution is 0.621. The summed E-state index contributed by atoms with van der Waals surface area (Å²) in [6.07, 6.45) is 0. The molecule has 3 aromatic heterocycles. The number of aromatic nitrogens is 2. The van der Waals surface area contributed by atoms with E-state index in [-0.39, 0.29) is 0 Å². The second-order valence-electron chi connectivity index (χ2n) is 14.7. The molecule has 0 aliphatic carbocycles. The third-order valence-corrected chi connectivity index (χ3v) is 11.4. The lowest BCUT2D eigenvalue weighted by atomic mass is 10.0. The molecule has 0 spiro atoms. The molecule has 0 unspecified atom stereocenters. The zero-order valence-corrected chi connectivity index (χ0v) is 31.2. The van der Waals surface area contributed by atoms with Crippen molar-refractivity contribution in [3.05, 3.63) is 200 Å². The first-order chi connectivity index (χ1) is 28.8. The van der Waals surface area contributed by atoms with Gasteiger partial charge in [0.2, 0.25) is 5.89 Å². The van der Waals surface area contributed by atoms with Gasteiger partial charge in [-0.1, -0.05) is 127 Å². The number of furan rings is 1. The summed E-state index contributed by atoms with van der Waals surface area (Å²) in [5, 5.41) is 7.00. The third-order valence-electron chi connectivity index (χ3n) is 11.4. The predicted molar refractivity (Wildman–Crippen MR) is 239 cm³/mol. The van der Waals surface area contributed by atoms with Crippen molar-refractivity contribution in [2.24, 2.45) is 0 Å². The molecular weight excluding hydrogens is 711 g/mol. The Morgan fingerprint density at radius 2 is 1.17 bits per heavy atom. The van der Waals surface area contributed by atoms with Crippen molar-refractivity contribution in [1.29, 1.82) is 0 Å². The van der Waals surface area contributed by atoms with E-state index in [1.54, 1.807) is 0 Å². The number of anilines is 3. The van der Waals surface area contributed by atoms with Crippen molar-refractivity contribution in [2.45, 2.75) is 0 Å². The number of oxazole rings is 1. The summed E-state index contributed by atoms with van der Waals surface area (Å²) in [5.41, 5.74) is 12.8. The molecule has 0 saturated heterocycles. The Bertz CT molecular complexity index is 3510. The number of hydrogen-bond acceptors (Lipinski definition) is 4. The average Bonchev–Trinajstić information content (AvgIpc) is 4.00. The van der Waals surface area contributed by atoms with E-state index in [1.165, 1.54) is 27.1 Å². The number of para-hydroxylation sites is 3. The first-order valence-corrected chi connectivity index (χ1v) is 19.5. The molecule has 12 rings (SSSR count). The van der Waals surface area contributed by atoms with Gasteiger partial charge in [-0.05, 0) is 83.7 Å². The van der Waals surface area contributed by atoms with Crippen molar-refractivity contribution in [2.75, 3.05) is 4.90 Å². The van der Waals surface area contributed by atoms with Crippen LogP contribution in [-0.2, 0) is 0 Å². The Morgan fingerprint density at radius 1 is 0.466 bits per heavy atom. The number of hydrogen-bond donors (Lipinski definition) is 0. The van der Waals surface area contributed by atoms with Crippen LogP contribution < -0.4 is 4.90 Å². The highest BCUT2D eigenvalue weighted by Gasteiger charge is 2.22. The summed E-state index contributed by atoms with van der Waals surface area (Å²) in [7, 11) is 0. The number of rotatable bonds is 6. The zero-order valence-electron chi connectivity index (χ0n) is 31.2. The van der Waals surface area contributed by atoms with Crippen LogP contribution in [0.5, 0.6) is 0 Å². The fraction of sp³-hybridized carbons (Fsp3) is 0. The Kier molecular flexibility index (Phi) is 7.16. The van der Waals surface area contributed by atoms with Crippen molar-refractivity contribution < 1.29 is 8.83 Å². The van der Waals surface area contributed by atoms with Gasteiger partial charge in [-0.25, -0.2) is 4.98 Å². The monoisotopic (exact) mass is 743 g/mol. The molecule has 0 atom stereocenters. The Morgan fingerprint density at radius 3 is 2.03 bits per heavy atom. The Hall–Kier alpha value is -7.89. The van der Waals surface area contributed by atoms with Gasteiger partial charge in [0.1, 0.15) is 16.7 Å². The van der Waals surface area contributed by atoms with E-state index in [0.717, 1.165) is 78.0 Å². The normalized spacial score (nSPS) is 11.8. The van der Waals surface area contributed by atoms with E-state index < -0.39 is 0 Å². The molecule has 0 aliphatic rings. The van der Waals surface area contributed by atoms with Crippen LogP contribution in [0.2, 0.25) is 0 Å². The standard InChI is InChI=1S/C53H33N3O2/c1-3-14-36(15-4-1)53-54-45-21-11-20-41(52(45)58-53)35-25-28-38(29-26-35)55(46-22-12-24-49-50(46)44-19-9-10-23-48(44)57-49)39-30-32-42-43-31-27-34-13-7-8-18-40(34)51(43)56(47(42)33-39)37-16-5-2-6-17-37/h1-33H. The largest absolute Gasteiger partial charge is 0.456 e. The Labute approximate surface area is 333 Å². The second-order valence-corrected chi connectivity index (χ2v) is 14.7. The van der Waals surface area contributed by atoms with Gasteiger partial charge in [0.25, 0.3) is 0 Å². The number of benzene rings is 9. The molecule has 5 nitrogen and oxygen atoms in total. The summed E-state index contributed by atoms with van der Waals surface area (Å²) < 4.78 is 15.3. The molecule has 0 aliphatic heterocycles. The van der Waals surface area contributed by atoms with E-state index in [4.69, 9.17) is 13.8 Å². The molecule has 9 aromatic carbocycles. The lowest BCUT2D eigenvalue weighted by Crippen LogP contribution is -2.10. The minimum atomic E-state index is 0.614. The topological polar surface area (TPSA) is 47.3 Å². The maximum Gasteiger partial charge on any atom is 0.227 e. The first-order valence-electron chi connectivity index (χ1n) is 19.5. The third kappa shape index (κ3) is 5.00. The van der Waals surface area contributed by atoms with Crippen LogP contribution in [0.3, 0.4) is 0 Å². The smallest absolute Gasteiger partial charge is 0.227 e. The van der Waals surface area contributed by atoms with Crippen LogP contribution in [0.15, 0.2) is 209 Å². The maximum absolute atomic E-state index is 6.45. The van der Waals surface area contributed by atoms with Gasteiger partial charge in [0, 0.05) is 49.7 Å². The molecule has 0 amide bonds. The van der Waals surface area contributed by atoms with E-state index in [0.29, 0.717) is 5.89 Å². The van der Waals surface area contributed by atoms with E-state index in [9.17, 15) is 0 Å². The van der Waals surface area contributed by atoms with Crippen LogP contribution in [0.4, 0.5) is 17.1 Å². The number of nitrogens with zero attached hydrogens (tertiary/aromatic N) is 3. The van der Waals surface area contributed by atoms with Crippen molar-refractivity contribution in [3.63, 3.8) is 0 Å². The maximum atomic E-state index is 6.45. The molecule has 272 valence electrons. The molecule has 0 radical (unpaired) electrons. The van der Waals surface area contributed by atoms with Crippen LogP contribution in [0.25, 0.3) is 93.9 Å². The lowest BCUT2D eigenvalue weighted by Gasteiger charge is -2.27. The summed E-state index contributed by atoms with van der Waals surface area (Å²) in [4.78, 5) is 7.21. The van der Waals surface area contributed by atoms with Crippen LogP contribution >= 0.6 is 0 Å². The van der Waals surface area contributed by atoms with Crippen LogP contribution in [0, 0.1) is 0 Å². The van der Waals surface area contributed by atoms with Crippen molar-refractivity contribution >= 4 is 82.7 Å². The highest BCUT2D eigenvalue weighted by Crippen LogP contribution is 2.46. The molecule has 0 saturated carbocycles. The molecule has 5 heteroatoms. The van der Waals surface area contributed by atoms with E-state index >= 15 is 0 Å². The van der Waals surface area contributed by atoms with Gasteiger partial charge in [-0.15, -0.1) is 0 Å². The van der Waals surface area contributed by atoms with Gasteiger partial charge in [0.15, 0.2) is 5.58 Å². The molecule has 58 heavy (non-hydrogen) atoms. The second kappa shape index (κ2) is 12.8. The fourth-order valence-corrected chi connectivity index (χ4v) is 8.79. The number of fused-ring (bicyclic) bond motifs is 9. The van der Waals surface area contributed by atoms with Gasteiger partial charge in [0.05, 0.1) is 22.1 Å². The quantitative estimate of drug-likeness (QED) is 0.170. The summed E-state index contributed by atoms with van der Waals surface area (Å²) in [6.45, 7) is 0. The van der Waals surface area contributed by atoms with Crippen molar-refractivity contribution in [1.82, 2.24) is 9.55 Å². The van der Waals surface area contributed by atoms with Crippen LogP contribution in [0.1, 0.15) is 0 Å². The molecule has 3 heterocycles. The fourth-order valence-electron chi connectivity index (χ4n) is 8.79. The molecular formula is C53H33N3O2. The average molecular weight is 744 g/mol. The van der Waals surface area contributed by atoms with Crippen molar-refractivity contribution in [3.8, 4) is 28.3 Å². The summed E-state index contributed by atoms with van der Waals surface area (Å²) >= 11 is 0. The highest BCUT2D eigenvalue weighted by atomic mass is 16.3. The van der Waals surface area contributed by atoms with Gasteiger partial charge < -0.3 is 18.3 Å². The molecule has 0 N–H and O–H groups in total. The van der Waals surface area contributed by atoms with E-state index in [2.05, 4.69) is 155 Å². The van der Waals surface area contributed by atoms with Gasteiger partial charge >= 0.3 is 0 Å². The summed E-state index contributed by atoms with van der Waals surface area (Å²) in [5.74, 6) is 0.614. The predicted octanol–water partition coefficient (Wildman–Crippen LogP) is 14.8. The first kappa shape index (κ1) is 32.4. The molecule has 12 aromatic rings. The Balaban J connectivity index is 1.08. The SMILES string of the molecule is c1ccc(-c2nc3cccc(-c4ccc(N(c5ccc6c7ccc8ccccc8c7n(-c7ccccc7)c6c5)c5cccc6oc7ccccc7c56)cc4)c3o2)cc1. The molecule has 0 bridgehead atoms.